The Morgan fingerprint density at radius 2 is 2.07 bits per heavy atom. The molecule has 2 amide bonds. The van der Waals surface area contributed by atoms with Crippen LogP contribution in [0.1, 0.15) is 51.9 Å². The Labute approximate surface area is 175 Å². The second-order valence-electron chi connectivity index (χ2n) is 8.18. The first-order chi connectivity index (χ1) is 14.6. The summed E-state index contributed by atoms with van der Waals surface area (Å²) in [5.41, 5.74) is 5.82. The number of hydrogen-bond acceptors (Lipinski definition) is 6. The van der Waals surface area contributed by atoms with Crippen molar-refractivity contribution >= 4 is 6.03 Å². The van der Waals surface area contributed by atoms with Crippen molar-refractivity contribution in [1.82, 2.24) is 9.80 Å². The molecule has 0 bridgehead atoms. The van der Waals surface area contributed by atoms with E-state index in [9.17, 15) is 4.79 Å². The number of ether oxygens (including phenoxy) is 3. The van der Waals surface area contributed by atoms with Crippen molar-refractivity contribution in [3.63, 3.8) is 0 Å². The summed E-state index contributed by atoms with van der Waals surface area (Å²) in [5.74, 6) is -0.704. The van der Waals surface area contributed by atoms with Gasteiger partial charge in [0.1, 0.15) is 0 Å². The second-order valence-corrected chi connectivity index (χ2v) is 8.18. The van der Waals surface area contributed by atoms with Crippen LogP contribution < -0.4 is 5.73 Å². The molecule has 3 fully saturated rings. The molecule has 0 saturated carbocycles. The molecule has 3 saturated heterocycles. The average Bonchev–Trinajstić information content (AvgIpc) is 3.19. The van der Waals surface area contributed by atoms with Crippen LogP contribution in [0, 0.1) is 0 Å². The lowest BCUT2D eigenvalue weighted by Gasteiger charge is -2.42. The zero-order chi connectivity index (χ0) is 21.4. The fourth-order valence-electron chi connectivity index (χ4n) is 4.65. The Balaban J connectivity index is 1.65. The number of nitrogens with zero attached hydrogens (tertiary/aromatic N) is 2. The first-order valence-electron chi connectivity index (χ1n) is 11.5. The van der Waals surface area contributed by atoms with Crippen molar-refractivity contribution in [2.45, 2.75) is 76.0 Å². The molecule has 0 aliphatic carbocycles. The maximum atomic E-state index is 12.4. The Kier molecular flexibility index (Phi) is 7.79. The topological polar surface area (TPSA) is 97.5 Å². The largest absolute Gasteiger partial charge is 0.389 e. The van der Waals surface area contributed by atoms with Crippen LogP contribution in [-0.2, 0) is 14.2 Å². The van der Waals surface area contributed by atoms with Gasteiger partial charge in [0, 0.05) is 32.0 Å². The van der Waals surface area contributed by atoms with Crippen LogP contribution in [0.15, 0.2) is 12.2 Å². The molecule has 8 heteroatoms. The van der Waals surface area contributed by atoms with Crippen LogP contribution in [0.4, 0.5) is 4.79 Å². The van der Waals surface area contributed by atoms with Gasteiger partial charge < -0.3 is 30.0 Å². The molecule has 29 heavy (non-hydrogen) atoms. The van der Waals surface area contributed by atoms with E-state index in [0.29, 0.717) is 39.3 Å². The van der Waals surface area contributed by atoms with Gasteiger partial charge in [-0.2, -0.15) is 0 Å². The van der Waals surface area contributed by atoms with E-state index in [1.165, 1.54) is 0 Å². The molecule has 3 heterocycles. The van der Waals surface area contributed by atoms with E-state index >= 15 is 0 Å². The normalized spacial score (nSPS) is 29.8. The van der Waals surface area contributed by atoms with Gasteiger partial charge in [0.15, 0.2) is 5.79 Å². The molecule has 8 nitrogen and oxygen atoms in total. The molecule has 166 valence electrons. The third-order valence-corrected chi connectivity index (χ3v) is 6.20. The Morgan fingerprint density at radius 1 is 1.31 bits per heavy atom. The predicted molar refractivity (Wildman–Crippen MR) is 109 cm³/mol. The van der Waals surface area contributed by atoms with Gasteiger partial charge in [-0.3, -0.25) is 4.90 Å². The van der Waals surface area contributed by atoms with Gasteiger partial charge in [0.2, 0.25) is 1.43 Å². The average molecular weight is 414 g/mol. The van der Waals surface area contributed by atoms with Gasteiger partial charge in [-0.1, -0.05) is 19.1 Å². The van der Waals surface area contributed by atoms with E-state index in [0.717, 1.165) is 45.2 Å². The van der Waals surface area contributed by atoms with Crippen LogP contribution in [0.3, 0.4) is 0 Å². The number of amides is 2. The lowest BCUT2D eigenvalue weighted by molar-refractivity contribution is -0.277. The van der Waals surface area contributed by atoms with Gasteiger partial charge in [-0.15, -0.1) is 0 Å². The number of morpholine rings is 1. The standard InChI is InChI=1S/C21H37N3O5/c1-2-18(25)6-3-4-9-21(28-12-5-13-29-21)16-17-7-8-19(24(17)20(22)26)23-10-14-27-15-11-23/h3,6,17-19,25H,2,4-5,7-16H2,1H3,(H2,22,26)/b6-3-/t17-,18+,19+/m0/s1/i25T. The van der Waals surface area contributed by atoms with Gasteiger partial charge in [0.25, 0.3) is 0 Å². The van der Waals surface area contributed by atoms with Crippen LogP contribution in [0.25, 0.3) is 0 Å². The highest BCUT2D eigenvalue weighted by molar-refractivity contribution is 5.73. The quantitative estimate of drug-likeness (QED) is 0.560. The lowest BCUT2D eigenvalue weighted by Crippen LogP contribution is -2.56. The van der Waals surface area contributed by atoms with Crippen molar-refractivity contribution < 1.29 is 24.1 Å². The minimum atomic E-state index is -0.704. The van der Waals surface area contributed by atoms with E-state index in [4.69, 9.17) is 21.4 Å². The maximum absolute atomic E-state index is 12.4. The maximum Gasteiger partial charge on any atom is 0.316 e. The van der Waals surface area contributed by atoms with Crippen molar-refractivity contribution in [3.05, 3.63) is 12.2 Å². The molecule has 0 radical (unpaired) electrons. The summed E-state index contributed by atoms with van der Waals surface area (Å²) in [6.45, 7) is 6.33. The zero-order valence-corrected chi connectivity index (χ0v) is 17.6. The van der Waals surface area contributed by atoms with Gasteiger partial charge >= 0.3 is 6.03 Å². The highest BCUT2D eigenvalue weighted by Gasteiger charge is 2.45. The summed E-state index contributed by atoms with van der Waals surface area (Å²) in [6, 6.07) is -0.379. The van der Waals surface area contributed by atoms with Crippen LogP contribution >= 0.6 is 0 Å². The molecule has 3 N–H and O–H groups in total. The van der Waals surface area contributed by atoms with Crippen molar-refractivity contribution in [1.29, 1.82) is 1.43 Å². The zero-order valence-electron chi connectivity index (χ0n) is 18.6. The number of primary amides is 1. The Bertz CT molecular complexity index is 563. The minimum Gasteiger partial charge on any atom is -0.389 e. The van der Waals surface area contributed by atoms with Gasteiger partial charge in [-0.05, 0) is 32.1 Å². The number of carbonyl (C=O) groups excluding carboxylic acids is 1. The first-order valence-corrected chi connectivity index (χ1v) is 11.0. The third-order valence-electron chi connectivity index (χ3n) is 6.20. The number of hydrogen-bond donors (Lipinski definition) is 2. The number of carbonyl (C=O) groups is 1. The smallest absolute Gasteiger partial charge is 0.316 e. The van der Waals surface area contributed by atoms with E-state index in [1.807, 2.05) is 24.0 Å². The Hall–Kier alpha value is -1.19. The molecule has 0 aromatic rings. The molecule has 3 atom stereocenters. The fourth-order valence-corrected chi connectivity index (χ4v) is 4.65. The van der Waals surface area contributed by atoms with Gasteiger partial charge in [-0.25, -0.2) is 4.79 Å². The van der Waals surface area contributed by atoms with E-state index in [1.54, 1.807) is 0 Å². The monoisotopic (exact) mass is 413 g/mol. The van der Waals surface area contributed by atoms with Crippen molar-refractivity contribution in [2.24, 2.45) is 5.73 Å². The number of rotatable bonds is 9. The van der Waals surface area contributed by atoms with Crippen LogP contribution in [-0.4, -0.2) is 86.0 Å². The summed E-state index contributed by atoms with van der Waals surface area (Å²) in [5, 5.41) is 4.66. The summed E-state index contributed by atoms with van der Waals surface area (Å²) in [7, 11) is 0. The number of allylic oxidation sites excluding steroid dienone is 1. The Morgan fingerprint density at radius 3 is 2.72 bits per heavy atom. The molecular weight excluding hydrogens is 374 g/mol. The SMILES string of the molecule is [3H]O[C@@H](/C=C\CCC1(C[C@@H]2CC[C@H](N3CCOCC3)N2C(N)=O)OCCCO1)CC. The van der Waals surface area contributed by atoms with Crippen LogP contribution in [0.2, 0.25) is 0 Å². The predicted octanol–water partition coefficient (Wildman–Crippen LogP) is 1.82. The molecule has 0 aromatic heterocycles. The fraction of sp³-hybridized carbons (Fsp3) is 0.857. The molecule has 3 aliphatic rings. The highest BCUT2D eigenvalue weighted by atomic mass is 16.7. The van der Waals surface area contributed by atoms with Crippen molar-refractivity contribution in [2.75, 3.05) is 39.5 Å². The van der Waals surface area contributed by atoms with E-state index in [2.05, 4.69) is 10.0 Å². The van der Waals surface area contributed by atoms with Crippen molar-refractivity contribution in [3.8, 4) is 0 Å². The first kappa shape index (κ1) is 21.1. The molecule has 3 rings (SSSR count). The molecular formula is C21H37N3O5. The number of aliphatic hydroxyl groups is 1. The number of likely N-dealkylation sites (tertiary alicyclic amines) is 1. The number of nitrogens with two attached hydrogens (primary N) is 1. The molecule has 3 aliphatic heterocycles. The van der Waals surface area contributed by atoms with E-state index < -0.39 is 5.79 Å². The second kappa shape index (κ2) is 10.7. The summed E-state index contributed by atoms with van der Waals surface area (Å²) >= 11 is 0. The number of urea groups is 1. The summed E-state index contributed by atoms with van der Waals surface area (Å²) in [6.07, 6.45) is 9.30. The summed E-state index contributed by atoms with van der Waals surface area (Å²) < 4.78 is 24.9. The minimum absolute atomic E-state index is 0.00242. The number of aliphatic hydroxyl groups excluding tert-OH is 1. The molecule has 0 aromatic carbocycles. The van der Waals surface area contributed by atoms with Crippen LogP contribution in [0.5, 0.6) is 0 Å². The molecule has 0 unspecified atom stereocenters. The summed E-state index contributed by atoms with van der Waals surface area (Å²) in [4.78, 5) is 16.5. The third kappa shape index (κ3) is 5.92. The highest BCUT2D eigenvalue weighted by Crippen LogP contribution is 2.37. The van der Waals surface area contributed by atoms with Gasteiger partial charge in [0.05, 0.1) is 38.7 Å². The molecule has 0 spiro atoms. The lowest BCUT2D eigenvalue weighted by atomic mass is 9.98. The van der Waals surface area contributed by atoms with E-state index in [-0.39, 0.29) is 24.3 Å².